The van der Waals surface area contributed by atoms with Crippen molar-refractivity contribution in [3.8, 4) is 0 Å². The Morgan fingerprint density at radius 2 is 1.41 bits per heavy atom. The number of carbonyl (C=O) groups is 3. The lowest BCUT2D eigenvalue weighted by Crippen LogP contribution is -2.00. The Morgan fingerprint density at radius 1 is 0.909 bits per heavy atom. The first-order chi connectivity index (χ1) is 10.4. The Balaban J connectivity index is 0. The zero-order valence-corrected chi connectivity index (χ0v) is 12.7. The molecule has 22 heavy (non-hydrogen) atoms. The van der Waals surface area contributed by atoms with Gasteiger partial charge in [-0.3, -0.25) is 14.4 Å². The largest absolute Gasteiger partial charge is 0.481 e. The fourth-order valence-corrected chi connectivity index (χ4v) is 1.24. The van der Waals surface area contributed by atoms with Crippen LogP contribution in [0.15, 0.2) is 0 Å². The number of aliphatic hydroxyl groups is 2. The summed E-state index contributed by atoms with van der Waals surface area (Å²) in [7, 11) is 0. The van der Waals surface area contributed by atoms with E-state index >= 15 is 0 Å². The second kappa shape index (κ2) is 17.4. The van der Waals surface area contributed by atoms with Crippen molar-refractivity contribution in [1.82, 2.24) is 0 Å². The lowest BCUT2D eigenvalue weighted by molar-refractivity contribution is -0.143. The van der Waals surface area contributed by atoms with Crippen LogP contribution in [0.25, 0.3) is 0 Å². The zero-order valence-electron chi connectivity index (χ0n) is 12.7. The van der Waals surface area contributed by atoms with E-state index in [4.69, 9.17) is 25.2 Å². The van der Waals surface area contributed by atoms with E-state index < -0.39 is 11.9 Å². The van der Waals surface area contributed by atoms with E-state index in [1.807, 2.05) is 0 Å². The maximum atomic E-state index is 10.5. The van der Waals surface area contributed by atoms with Crippen molar-refractivity contribution in [1.29, 1.82) is 0 Å². The van der Waals surface area contributed by atoms with Crippen LogP contribution >= 0.6 is 0 Å². The molecule has 1 aliphatic heterocycles. The highest BCUT2D eigenvalue weighted by atomic mass is 16.5. The minimum Gasteiger partial charge on any atom is -0.481 e. The number of carboxylic acid groups (broad SMARTS) is 2. The number of aliphatic hydroxyl groups excluding tert-OH is 2. The molecule has 4 N–H and O–H groups in total. The van der Waals surface area contributed by atoms with Crippen LogP contribution in [0.4, 0.5) is 0 Å². The molecular weight excluding hydrogens is 296 g/mol. The fourth-order valence-electron chi connectivity index (χ4n) is 1.24. The van der Waals surface area contributed by atoms with Crippen LogP contribution in [0.5, 0.6) is 0 Å². The Labute approximate surface area is 129 Å². The molecule has 1 heterocycles. The number of cyclic esters (lactones) is 1. The smallest absolute Gasteiger partial charge is 0.305 e. The van der Waals surface area contributed by atoms with Gasteiger partial charge in [0.15, 0.2) is 0 Å². The van der Waals surface area contributed by atoms with Crippen LogP contribution in [0.3, 0.4) is 0 Å². The lowest BCUT2D eigenvalue weighted by Gasteiger charge is -1.93. The van der Waals surface area contributed by atoms with Gasteiger partial charge in [-0.25, -0.2) is 0 Å². The Morgan fingerprint density at radius 3 is 1.82 bits per heavy atom. The van der Waals surface area contributed by atoms with E-state index in [1.165, 1.54) is 0 Å². The van der Waals surface area contributed by atoms with E-state index in [0.717, 1.165) is 32.1 Å². The second-order valence-electron chi connectivity index (χ2n) is 4.47. The number of rotatable bonds is 6. The number of ether oxygens (including phenoxy) is 1. The number of unbranched alkanes of at least 4 members (excludes halogenated alkanes) is 1. The van der Waals surface area contributed by atoms with Crippen molar-refractivity contribution < 1.29 is 39.5 Å². The number of esters is 1. The average molecular weight is 322 g/mol. The van der Waals surface area contributed by atoms with Crippen LogP contribution < -0.4 is 0 Å². The first kappa shape index (κ1) is 22.6. The predicted molar refractivity (Wildman–Crippen MR) is 77.3 cm³/mol. The van der Waals surface area contributed by atoms with Crippen molar-refractivity contribution in [3.63, 3.8) is 0 Å². The summed E-state index contributed by atoms with van der Waals surface area (Å²) in [6.45, 7) is 1.03. The van der Waals surface area contributed by atoms with Gasteiger partial charge in [-0.1, -0.05) is 0 Å². The van der Waals surface area contributed by atoms with Crippen molar-refractivity contribution >= 4 is 17.9 Å². The van der Waals surface area contributed by atoms with E-state index in [2.05, 4.69) is 0 Å². The number of aliphatic carboxylic acids is 2. The van der Waals surface area contributed by atoms with Gasteiger partial charge in [-0.2, -0.15) is 0 Å². The van der Waals surface area contributed by atoms with Crippen LogP contribution in [-0.4, -0.2) is 58.2 Å². The molecule has 8 nitrogen and oxygen atoms in total. The molecule has 1 aliphatic rings. The highest BCUT2D eigenvalue weighted by Crippen LogP contribution is 2.06. The van der Waals surface area contributed by atoms with Crippen LogP contribution in [0, 0.1) is 0 Å². The first-order valence-electron chi connectivity index (χ1n) is 7.25. The van der Waals surface area contributed by atoms with Crippen LogP contribution in [-0.2, 0) is 19.1 Å². The molecule has 0 bridgehead atoms. The van der Waals surface area contributed by atoms with Crippen molar-refractivity contribution in [3.05, 3.63) is 0 Å². The summed E-state index contributed by atoms with van der Waals surface area (Å²) in [5, 5.41) is 32.0. The third-order valence-electron chi connectivity index (χ3n) is 2.41. The van der Waals surface area contributed by atoms with Crippen LogP contribution in [0.2, 0.25) is 0 Å². The van der Waals surface area contributed by atoms with Gasteiger partial charge in [0, 0.05) is 19.6 Å². The molecule has 0 spiro atoms. The monoisotopic (exact) mass is 322 g/mol. The molecule has 0 aromatic carbocycles. The molecule has 0 amide bonds. The molecule has 0 saturated carbocycles. The van der Waals surface area contributed by atoms with Gasteiger partial charge in [0.25, 0.3) is 0 Å². The molecular formula is C14H26O8. The number of carboxylic acids is 2. The molecule has 1 saturated heterocycles. The summed E-state index contributed by atoms with van der Waals surface area (Å²) in [5.74, 6) is -2.18. The van der Waals surface area contributed by atoms with Gasteiger partial charge < -0.3 is 25.2 Å². The second-order valence-corrected chi connectivity index (χ2v) is 4.47. The molecule has 0 radical (unpaired) electrons. The van der Waals surface area contributed by atoms with E-state index in [0.29, 0.717) is 13.0 Å². The summed E-state index contributed by atoms with van der Waals surface area (Å²) in [6, 6.07) is 0. The third-order valence-corrected chi connectivity index (χ3v) is 2.41. The first-order valence-corrected chi connectivity index (χ1v) is 7.25. The van der Waals surface area contributed by atoms with Gasteiger partial charge in [0.2, 0.25) is 0 Å². The third kappa shape index (κ3) is 23.4. The molecule has 0 aromatic rings. The van der Waals surface area contributed by atoms with E-state index in [9.17, 15) is 14.4 Å². The fraction of sp³-hybridized carbons (Fsp3) is 0.786. The Hall–Kier alpha value is -1.67. The predicted octanol–water partition coefficient (Wildman–Crippen LogP) is 0.791. The maximum Gasteiger partial charge on any atom is 0.305 e. The van der Waals surface area contributed by atoms with E-state index in [1.54, 1.807) is 0 Å². The highest BCUT2D eigenvalue weighted by Gasteiger charge is 2.05. The molecule has 0 aliphatic carbocycles. The van der Waals surface area contributed by atoms with E-state index in [-0.39, 0.29) is 32.0 Å². The van der Waals surface area contributed by atoms with Crippen molar-refractivity contribution in [2.75, 3.05) is 19.8 Å². The standard InChI is InChI=1S/C6H10O2.C4H6O4.C4H10O2/c7-6-4-2-1-3-5-8-6;5-3(6)1-2-4(7)8;5-3-1-2-4-6/h1-5H2;1-2H2,(H,5,6)(H,7,8);5-6H,1-4H2. The summed E-state index contributed by atoms with van der Waals surface area (Å²) in [6.07, 6.45) is 4.67. The van der Waals surface area contributed by atoms with Gasteiger partial charge in [0.05, 0.1) is 19.4 Å². The SMILES string of the molecule is O=C(O)CCC(=O)O.O=C1CCCCCO1.OCCCCO. The Kier molecular flexibility index (Phi) is 17.9. The number of carbonyl (C=O) groups excluding carboxylic acids is 1. The van der Waals surface area contributed by atoms with Crippen molar-refractivity contribution in [2.45, 2.75) is 51.4 Å². The molecule has 0 atom stereocenters. The number of hydrogen-bond donors (Lipinski definition) is 4. The zero-order chi connectivity index (χ0) is 17.2. The van der Waals surface area contributed by atoms with Crippen LogP contribution in [0.1, 0.15) is 51.4 Å². The molecule has 1 rings (SSSR count). The molecule has 0 unspecified atom stereocenters. The summed E-state index contributed by atoms with van der Waals surface area (Å²) >= 11 is 0. The summed E-state index contributed by atoms with van der Waals surface area (Å²) in [5.41, 5.74) is 0. The molecule has 8 heteroatoms. The van der Waals surface area contributed by atoms with Crippen molar-refractivity contribution in [2.24, 2.45) is 0 Å². The van der Waals surface area contributed by atoms with Gasteiger partial charge in [-0.05, 0) is 32.1 Å². The maximum absolute atomic E-state index is 10.5. The molecule has 0 aromatic heterocycles. The normalized spacial score (nSPS) is 13.5. The van der Waals surface area contributed by atoms with Gasteiger partial charge in [0.1, 0.15) is 0 Å². The average Bonchev–Trinajstić information content (AvgIpc) is 2.72. The van der Waals surface area contributed by atoms with Gasteiger partial charge in [-0.15, -0.1) is 0 Å². The topological polar surface area (TPSA) is 141 Å². The lowest BCUT2D eigenvalue weighted by atomic mass is 10.2. The quantitative estimate of drug-likeness (QED) is 0.415. The van der Waals surface area contributed by atoms with Gasteiger partial charge >= 0.3 is 17.9 Å². The summed E-state index contributed by atoms with van der Waals surface area (Å²) in [4.78, 5) is 29.7. The summed E-state index contributed by atoms with van der Waals surface area (Å²) < 4.78 is 4.76. The molecule has 1 fully saturated rings. The minimum atomic E-state index is -1.08. The molecule has 130 valence electrons. The Bertz CT molecular complexity index is 275. The highest BCUT2D eigenvalue weighted by molar-refractivity contribution is 5.75. The number of hydrogen-bond acceptors (Lipinski definition) is 6. The minimum absolute atomic E-state index is 0.0255.